The summed E-state index contributed by atoms with van der Waals surface area (Å²) in [4.78, 5) is 12.0. The third-order valence-corrected chi connectivity index (χ3v) is 3.86. The molecule has 92 valence electrons. The predicted molar refractivity (Wildman–Crippen MR) is 61.9 cm³/mol. The van der Waals surface area contributed by atoms with Crippen LogP contribution in [0.4, 0.5) is 0 Å². The summed E-state index contributed by atoms with van der Waals surface area (Å²) in [6, 6.07) is 0.310. The molecule has 1 amide bonds. The van der Waals surface area contributed by atoms with Crippen LogP contribution in [-0.2, 0) is 9.53 Å². The molecule has 16 heavy (non-hydrogen) atoms. The molecule has 0 bridgehead atoms. The maximum atomic E-state index is 12.0. The van der Waals surface area contributed by atoms with Crippen LogP contribution in [0, 0.1) is 5.92 Å². The van der Waals surface area contributed by atoms with E-state index in [0.717, 1.165) is 19.3 Å². The average Bonchev–Trinajstić information content (AvgIpc) is 2.68. The third-order valence-electron chi connectivity index (χ3n) is 3.86. The molecule has 4 atom stereocenters. The maximum Gasteiger partial charge on any atom is 0.226 e. The molecule has 3 N–H and O–H groups in total. The molecular formula is C12H22N2O2. The fourth-order valence-electron chi connectivity index (χ4n) is 2.70. The molecule has 1 heterocycles. The summed E-state index contributed by atoms with van der Waals surface area (Å²) in [5, 5.41) is 3.10. The summed E-state index contributed by atoms with van der Waals surface area (Å²) in [5.41, 5.74) is 6.01. The Balaban J connectivity index is 1.86. The quantitative estimate of drug-likeness (QED) is 0.732. The molecule has 0 aromatic rings. The Morgan fingerprint density at radius 1 is 1.31 bits per heavy atom. The van der Waals surface area contributed by atoms with Crippen LogP contribution >= 0.6 is 0 Å². The minimum Gasteiger partial charge on any atom is -0.378 e. The van der Waals surface area contributed by atoms with E-state index in [0.29, 0.717) is 6.61 Å². The van der Waals surface area contributed by atoms with E-state index in [1.54, 1.807) is 0 Å². The Labute approximate surface area is 96.9 Å². The fraction of sp³-hybridized carbons (Fsp3) is 0.917. The second-order valence-electron chi connectivity index (χ2n) is 5.03. The number of carbonyl (C=O) groups excluding carboxylic acids is 1. The molecular weight excluding hydrogens is 204 g/mol. The summed E-state index contributed by atoms with van der Waals surface area (Å²) in [6.45, 7) is 2.67. The van der Waals surface area contributed by atoms with Crippen molar-refractivity contribution in [2.45, 2.75) is 57.2 Å². The molecule has 1 aliphatic carbocycles. The first kappa shape index (κ1) is 11.9. The highest BCUT2D eigenvalue weighted by molar-refractivity contribution is 5.79. The van der Waals surface area contributed by atoms with Crippen LogP contribution in [0.2, 0.25) is 0 Å². The number of carbonyl (C=O) groups is 1. The van der Waals surface area contributed by atoms with Crippen LogP contribution < -0.4 is 11.1 Å². The molecule has 1 saturated carbocycles. The van der Waals surface area contributed by atoms with Crippen molar-refractivity contribution in [3.05, 3.63) is 0 Å². The number of amides is 1. The summed E-state index contributed by atoms with van der Waals surface area (Å²) >= 11 is 0. The Bertz CT molecular complexity index is 257. The molecule has 0 radical (unpaired) electrons. The van der Waals surface area contributed by atoms with Gasteiger partial charge in [-0.25, -0.2) is 0 Å². The first-order valence-electron chi connectivity index (χ1n) is 6.36. The zero-order valence-corrected chi connectivity index (χ0v) is 9.95. The molecule has 2 aliphatic rings. The van der Waals surface area contributed by atoms with Gasteiger partial charge in [0.25, 0.3) is 0 Å². The minimum atomic E-state index is 0.0223. The van der Waals surface area contributed by atoms with Gasteiger partial charge in [0.2, 0.25) is 5.91 Å². The number of nitrogens with one attached hydrogen (secondary N) is 1. The van der Waals surface area contributed by atoms with Crippen molar-refractivity contribution in [1.82, 2.24) is 5.32 Å². The van der Waals surface area contributed by atoms with Crippen LogP contribution in [0.3, 0.4) is 0 Å². The molecule has 2 fully saturated rings. The van der Waals surface area contributed by atoms with Crippen LogP contribution in [0.1, 0.15) is 39.0 Å². The van der Waals surface area contributed by atoms with Gasteiger partial charge in [0.1, 0.15) is 0 Å². The lowest BCUT2D eigenvalue weighted by Gasteiger charge is -2.30. The molecule has 0 aromatic carbocycles. The van der Waals surface area contributed by atoms with E-state index in [1.807, 2.05) is 6.92 Å². The van der Waals surface area contributed by atoms with E-state index in [2.05, 4.69) is 5.32 Å². The van der Waals surface area contributed by atoms with Gasteiger partial charge in [0.15, 0.2) is 0 Å². The number of nitrogens with two attached hydrogens (primary N) is 1. The van der Waals surface area contributed by atoms with Gasteiger partial charge in [0, 0.05) is 18.7 Å². The molecule has 1 saturated heterocycles. The van der Waals surface area contributed by atoms with Crippen LogP contribution in [0.5, 0.6) is 0 Å². The first-order valence-corrected chi connectivity index (χ1v) is 6.36. The lowest BCUT2D eigenvalue weighted by Crippen LogP contribution is -2.51. The van der Waals surface area contributed by atoms with Gasteiger partial charge in [0.05, 0.1) is 12.0 Å². The minimum absolute atomic E-state index is 0.0223. The summed E-state index contributed by atoms with van der Waals surface area (Å²) in [6.07, 6.45) is 5.32. The number of hydrogen-bond donors (Lipinski definition) is 2. The summed E-state index contributed by atoms with van der Waals surface area (Å²) in [5.74, 6) is 0.154. The number of rotatable bonds is 2. The molecule has 4 nitrogen and oxygen atoms in total. The van der Waals surface area contributed by atoms with Gasteiger partial charge in [-0.05, 0) is 26.2 Å². The Hall–Kier alpha value is -0.610. The topological polar surface area (TPSA) is 64.3 Å². The zero-order valence-electron chi connectivity index (χ0n) is 9.95. The second-order valence-corrected chi connectivity index (χ2v) is 5.03. The van der Waals surface area contributed by atoms with Crippen LogP contribution in [0.25, 0.3) is 0 Å². The number of hydrogen-bond acceptors (Lipinski definition) is 3. The zero-order chi connectivity index (χ0) is 11.5. The van der Waals surface area contributed by atoms with Gasteiger partial charge in [-0.3, -0.25) is 4.79 Å². The lowest BCUT2D eigenvalue weighted by atomic mass is 9.90. The summed E-state index contributed by atoms with van der Waals surface area (Å²) < 4.78 is 5.41. The highest BCUT2D eigenvalue weighted by Crippen LogP contribution is 2.22. The maximum absolute atomic E-state index is 12.0. The SMILES string of the molecule is CC1OCCC1C(=O)N[C@@H]1CCCC[C@H]1N. The van der Waals surface area contributed by atoms with E-state index in [-0.39, 0.29) is 30.0 Å². The monoisotopic (exact) mass is 226 g/mol. The molecule has 1 aliphatic heterocycles. The van der Waals surface area contributed by atoms with Crippen molar-refractivity contribution in [2.75, 3.05) is 6.61 Å². The largest absolute Gasteiger partial charge is 0.378 e. The van der Waals surface area contributed by atoms with E-state index >= 15 is 0 Å². The van der Waals surface area contributed by atoms with Crippen molar-refractivity contribution >= 4 is 5.91 Å². The standard InChI is InChI=1S/C12H22N2O2/c1-8-9(6-7-16-8)12(15)14-11-5-3-2-4-10(11)13/h8-11H,2-7,13H2,1H3,(H,14,15)/t8?,9?,10-,11-/m1/s1. The molecule has 4 heteroatoms. The van der Waals surface area contributed by atoms with Crippen molar-refractivity contribution < 1.29 is 9.53 Å². The second kappa shape index (κ2) is 5.15. The normalized spacial score (nSPS) is 39.6. The Kier molecular flexibility index (Phi) is 3.82. The van der Waals surface area contributed by atoms with Gasteiger partial charge in [-0.2, -0.15) is 0 Å². The van der Waals surface area contributed by atoms with Crippen LogP contribution in [-0.4, -0.2) is 30.7 Å². The molecule has 0 aromatic heterocycles. The highest BCUT2D eigenvalue weighted by Gasteiger charge is 2.33. The van der Waals surface area contributed by atoms with Crippen molar-refractivity contribution in [2.24, 2.45) is 11.7 Å². The van der Waals surface area contributed by atoms with E-state index in [1.165, 1.54) is 12.8 Å². The van der Waals surface area contributed by atoms with Gasteiger partial charge < -0.3 is 15.8 Å². The van der Waals surface area contributed by atoms with Crippen molar-refractivity contribution in [3.63, 3.8) is 0 Å². The summed E-state index contributed by atoms with van der Waals surface area (Å²) in [7, 11) is 0. The molecule has 0 spiro atoms. The first-order chi connectivity index (χ1) is 7.68. The smallest absolute Gasteiger partial charge is 0.226 e. The lowest BCUT2D eigenvalue weighted by molar-refractivity contribution is -0.127. The Morgan fingerprint density at radius 2 is 2.06 bits per heavy atom. The van der Waals surface area contributed by atoms with Crippen LogP contribution in [0.15, 0.2) is 0 Å². The van der Waals surface area contributed by atoms with Gasteiger partial charge in [-0.1, -0.05) is 12.8 Å². The van der Waals surface area contributed by atoms with Crippen molar-refractivity contribution in [1.29, 1.82) is 0 Å². The third kappa shape index (κ3) is 2.55. The average molecular weight is 226 g/mol. The van der Waals surface area contributed by atoms with Gasteiger partial charge in [-0.15, -0.1) is 0 Å². The van der Waals surface area contributed by atoms with Crippen molar-refractivity contribution in [3.8, 4) is 0 Å². The highest BCUT2D eigenvalue weighted by atomic mass is 16.5. The number of ether oxygens (including phenoxy) is 1. The van der Waals surface area contributed by atoms with E-state index < -0.39 is 0 Å². The fourth-order valence-corrected chi connectivity index (χ4v) is 2.70. The van der Waals surface area contributed by atoms with E-state index in [9.17, 15) is 4.79 Å². The molecule has 2 rings (SSSR count). The predicted octanol–water partition coefficient (Wildman–Crippen LogP) is 0.797. The van der Waals surface area contributed by atoms with Gasteiger partial charge >= 0.3 is 0 Å². The van der Waals surface area contributed by atoms with E-state index in [4.69, 9.17) is 10.5 Å². The Morgan fingerprint density at radius 3 is 2.69 bits per heavy atom. The molecule has 2 unspecified atom stereocenters.